The highest BCUT2D eigenvalue weighted by atomic mass is 16.5. The van der Waals surface area contributed by atoms with Gasteiger partial charge in [-0.25, -0.2) is 5.84 Å². The largest absolute Gasteiger partial charge is 0.439 e. The van der Waals surface area contributed by atoms with Crippen LogP contribution in [0, 0.1) is 6.92 Å². The summed E-state index contributed by atoms with van der Waals surface area (Å²) < 4.78 is 5.84. The van der Waals surface area contributed by atoms with Gasteiger partial charge in [0.2, 0.25) is 5.88 Å². The molecule has 3 N–H and O–H groups in total. The van der Waals surface area contributed by atoms with Crippen molar-refractivity contribution in [1.29, 1.82) is 0 Å². The number of aryl methyl sites for hydroxylation is 1. The normalized spacial score (nSPS) is 10.6. The molecule has 19 heavy (non-hydrogen) atoms. The molecule has 100 valence electrons. The van der Waals surface area contributed by atoms with E-state index in [0.717, 1.165) is 11.3 Å². The Hall–Kier alpha value is -2.07. The van der Waals surface area contributed by atoms with Gasteiger partial charge < -0.3 is 10.2 Å². The predicted molar refractivity (Wildman–Crippen MR) is 77.4 cm³/mol. The summed E-state index contributed by atoms with van der Waals surface area (Å²) in [5.74, 6) is 7.74. The molecule has 1 aromatic heterocycles. The van der Waals surface area contributed by atoms with Crippen molar-refractivity contribution in [3.05, 3.63) is 47.5 Å². The molecule has 0 aliphatic carbocycles. The topological polar surface area (TPSA) is 60.2 Å². The van der Waals surface area contributed by atoms with Gasteiger partial charge in [-0.1, -0.05) is 32.0 Å². The highest BCUT2D eigenvalue weighted by Gasteiger charge is 2.07. The van der Waals surface area contributed by atoms with Crippen LogP contribution in [0.25, 0.3) is 0 Å². The molecule has 1 aromatic carbocycles. The van der Waals surface area contributed by atoms with E-state index >= 15 is 0 Å². The number of nitrogens with zero attached hydrogens (tertiary/aromatic N) is 1. The molecule has 0 fully saturated rings. The van der Waals surface area contributed by atoms with E-state index in [0.29, 0.717) is 17.6 Å². The quantitative estimate of drug-likeness (QED) is 0.649. The lowest BCUT2D eigenvalue weighted by atomic mass is 10.0. The highest BCUT2D eigenvalue weighted by molar-refractivity contribution is 5.41. The fourth-order valence-corrected chi connectivity index (χ4v) is 1.75. The molecule has 0 aliphatic heterocycles. The van der Waals surface area contributed by atoms with Crippen LogP contribution in [0.3, 0.4) is 0 Å². The maximum absolute atomic E-state index is 5.84. The van der Waals surface area contributed by atoms with Crippen molar-refractivity contribution in [3.63, 3.8) is 0 Å². The monoisotopic (exact) mass is 257 g/mol. The van der Waals surface area contributed by atoms with Crippen molar-refractivity contribution in [1.82, 2.24) is 4.98 Å². The van der Waals surface area contributed by atoms with Crippen molar-refractivity contribution in [2.45, 2.75) is 26.7 Å². The first-order valence-electron chi connectivity index (χ1n) is 6.32. The Morgan fingerprint density at radius 1 is 1.21 bits per heavy atom. The van der Waals surface area contributed by atoms with E-state index in [4.69, 9.17) is 10.6 Å². The number of pyridine rings is 1. The number of ether oxygens (including phenoxy) is 1. The zero-order chi connectivity index (χ0) is 13.8. The zero-order valence-corrected chi connectivity index (χ0v) is 11.5. The number of nitrogen functional groups attached to an aromatic ring is 1. The number of aromatic nitrogens is 1. The third kappa shape index (κ3) is 3.23. The summed E-state index contributed by atoms with van der Waals surface area (Å²) in [7, 11) is 0. The van der Waals surface area contributed by atoms with Crippen molar-refractivity contribution >= 4 is 5.82 Å². The van der Waals surface area contributed by atoms with Crippen LogP contribution in [0.1, 0.15) is 30.9 Å². The summed E-state index contributed by atoms with van der Waals surface area (Å²) in [4.78, 5) is 4.24. The SMILES string of the molecule is Cc1ccc(C(C)C)cc1Oc1cccc(NN)n1. The van der Waals surface area contributed by atoms with Gasteiger partial charge in [0.1, 0.15) is 11.6 Å². The lowest BCUT2D eigenvalue weighted by molar-refractivity contribution is 0.459. The van der Waals surface area contributed by atoms with E-state index in [1.807, 2.05) is 19.1 Å². The summed E-state index contributed by atoms with van der Waals surface area (Å²) in [5.41, 5.74) is 4.83. The van der Waals surface area contributed by atoms with Gasteiger partial charge in [-0.15, -0.1) is 0 Å². The molecule has 2 rings (SSSR count). The van der Waals surface area contributed by atoms with Gasteiger partial charge in [-0.3, -0.25) is 0 Å². The molecule has 2 aromatic rings. The van der Waals surface area contributed by atoms with Crippen LogP contribution in [0.4, 0.5) is 5.82 Å². The number of anilines is 1. The van der Waals surface area contributed by atoms with Crippen molar-refractivity contribution in [2.75, 3.05) is 5.43 Å². The Labute approximate surface area is 113 Å². The number of benzene rings is 1. The molecule has 0 amide bonds. The molecule has 4 nitrogen and oxygen atoms in total. The van der Waals surface area contributed by atoms with Crippen molar-refractivity contribution in [2.24, 2.45) is 5.84 Å². The maximum atomic E-state index is 5.84. The second-order valence-electron chi connectivity index (χ2n) is 4.79. The number of hydrogen-bond donors (Lipinski definition) is 2. The molecule has 1 heterocycles. The first kappa shape index (κ1) is 13.4. The van der Waals surface area contributed by atoms with Gasteiger partial charge >= 0.3 is 0 Å². The lowest BCUT2D eigenvalue weighted by Crippen LogP contribution is -2.08. The molecule has 0 saturated carbocycles. The zero-order valence-electron chi connectivity index (χ0n) is 11.5. The number of hydrazine groups is 1. The number of nitrogens with two attached hydrogens (primary N) is 1. The molecule has 4 heteroatoms. The molecular weight excluding hydrogens is 238 g/mol. The molecule has 0 radical (unpaired) electrons. The van der Waals surface area contributed by atoms with E-state index in [1.165, 1.54) is 5.56 Å². The van der Waals surface area contributed by atoms with Gasteiger partial charge in [-0.05, 0) is 36.1 Å². The second-order valence-corrected chi connectivity index (χ2v) is 4.79. The average molecular weight is 257 g/mol. The van der Waals surface area contributed by atoms with Crippen LogP contribution in [0.5, 0.6) is 11.6 Å². The Balaban J connectivity index is 2.29. The first-order valence-corrected chi connectivity index (χ1v) is 6.32. The van der Waals surface area contributed by atoms with E-state index in [9.17, 15) is 0 Å². The van der Waals surface area contributed by atoms with Crippen LogP contribution in [0.2, 0.25) is 0 Å². The van der Waals surface area contributed by atoms with E-state index in [1.54, 1.807) is 6.07 Å². The fourth-order valence-electron chi connectivity index (χ4n) is 1.75. The first-order chi connectivity index (χ1) is 9.10. The molecule has 0 atom stereocenters. The van der Waals surface area contributed by atoms with Crippen LogP contribution >= 0.6 is 0 Å². The van der Waals surface area contributed by atoms with E-state index in [2.05, 4.69) is 42.5 Å². The lowest BCUT2D eigenvalue weighted by Gasteiger charge is -2.12. The van der Waals surface area contributed by atoms with Gasteiger partial charge in [0.25, 0.3) is 0 Å². The Morgan fingerprint density at radius 3 is 2.68 bits per heavy atom. The van der Waals surface area contributed by atoms with Crippen LogP contribution in [-0.4, -0.2) is 4.98 Å². The summed E-state index contributed by atoms with van der Waals surface area (Å²) >= 11 is 0. The van der Waals surface area contributed by atoms with Crippen LogP contribution in [0.15, 0.2) is 36.4 Å². The summed E-state index contributed by atoms with van der Waals surface area (Å²) in [6, 6.07) is 11.7. The summed E-state index contributed by atoms with van der Waals surface area (Å²) in [6.07, 6.45) is 0. The van der Waals surface area contributed by atoms with Gasteiger partial charge in [0.15, 0.2) is 0 Å². The fraction of sp³-hybridized carbons (Fsp3) is 0.267. The molecule has 0 unspecified atom stereocenters. The van der Waals surface area contributed by atoms with Gasteiger partial charge in [-0.2, -0.15) is 4.98 Å². The van der Waals surface area contributed by atoms with Crippen molar-refractivity contribution < 1.29 is 4.74 Å². The van der Waals surface area contributed by atoms with Gasteiger partial charge in [0.05, 0.1) is 0 Å². The molecule has 0 spiro atoms. The van der Waals surface area contributed by atoms with Gasteiger partial charge in [0, 0.05) is 6.07 Å². The predicted octanol–water partition coefficient (Wildman–Crippen LogP) is 3.59. The molecule has 0 bridgehead atoms. The highest BCUT2D eigenvalue weighted by Crippen LogP contribution is 2.28. The summed E-state index contributed by atoms with van der Waals surface area (Å²) in [5, 5.41) is 0. The Morgan fingerprint density at radius 2 is 2.00 bits per heavy atom. The summed E-state index contributed by atoms with van der Waals surface area (Å²) in [6.45, 7) is 6.34. The third-order valence-electron chi connectivity index (χ3n) is 2.96. The van der Waals surface area contributed by atoms with E-state index < -0.39 is 0 Å². The number of rotatable bonds is 4. The Kier molecular flexibility index (Phi) is 4.02. The minimum Gasteiger partial charge on any atom is -0.439 e. The average Bonchev–Trinajstić information content (AvgIpc) is 2.41. The smallest absolute Gasteiger partial charge is 0.221 e. The molecule has 0 aliphatic rings. The number of nitrogens with one attached hydrogen (secondary N) is 1. The molecular formula is C15H19N3O. The number of hydrogen-bond acceptors (Lipinski definition) is 4. The van der Waals surface area contributed by atoms with Crippen LogP contribution in [-0.2, 0) is 0 Å². The minimum absolute atomic E-state index is 0.466. The standard InChI is InChI=1S/C15H19N3O/c1-10(2)12-8-7-11(3)13(9-12)19-15-6-4-5-14(17-15)18-16/h4-10H,16H2,1-3H3,(H,17,18). The van der Waals surface area contributed by atoms with E-state index in [-0.39, 0.29) is 0 Å². The molecule has 0 saturated heterocycles. The third-order valence-corrected chi connectivity index (χ3v) is 2.96. The Bertz CT molecular complexity index is 567. The van der Waals surface area contributed by atoms with Crippen molar-refractivity contribution in [3.8, 4) is 11.6 Å². The second kappa shape index (κ2) is 5.71. The minimum atomic E-state index is 0.466. The van der Waals surface area contributed by atoms with Crippen LogP contribution < -0.4 is 16.0 Å². The maximum Gasteiger partial charge on any atom is 0.221 e.